The third-order valence-corrected chi connectivity index (χ3v) is 8.45. The number of halogens is 1. The molecule has 1 aromatic heterocycles. The highest BCUT2D eigenvalue weighted by atomic mass is 35.5. The minimum absolute atomic E-state index is 0.0213. The number of nitrogens with zero attached hydrogens (tertiary/aromatic N) is 4. The van der Waals surface area contributed by atoms with Crippen molar-refractivity contribution in [3.63, 3.8) is 0 Å². The third-order valence-electron chi connectivity index (χ3n) is 8.33. The monoisotopic (exact) mass is 516 g/mol. The second-order valence-electron chi connectivity index (χ2n) is 10.5. The molecule has 5 heteroatoms. The highest BCUT2D eigenvalue weighted by molar-refractivity contribution is 6.25. The smallest absolute Gasteiger partial charge is 0.179 e. The minimum Gasteiger partial charge on any atom is -0.301 e. The van der Waals surface area contributed by atoms with Crippen molar-refractivity contribution in [1.82, 2.24) is 9.97 Å². The number of rotatable bonds is 5. The summed E-state index contributed by atoms with van der Waals surface area (Å²) in [7, 11) is 0. The zero-order valence-corrected chi connectivity index (χ0v) is 21.9. The van der Waals surface area contributed by atoms with Crippen molar-refractivity contribution < 1.29 is 0 Å². The van der Waals surface area contributed by atoms with E-state index in [0.717, 1.165) is 59.7 Å². The number of benzene rings is 3. The van der Waals surface area contributed by atoms with Gasteiger partial charge in [0.2, 0.25) is 0 Å². The van der Waals surface area contributed by atoms with Crippen LogP contribution in [0.4, 0.5) is 23.0 Å². The molecule has 3 aromatic carbocycles. The van der Waals surface area contributed by atoms with Gasteiger partial charge in [0.25, 0.3) is 0 Å². The van der Waals surface area contributed by atoms with E-state index >= 15 is 0 Å². The number of para-hydroxylation sites is 4. The Hall–Kier alpha value is -3.89. The Morgan fingerprint density at radius 2 is 1.37 bits per heavy atom. The van der Waals surface area contributed by atoms with Crippen molar-refractivity contribution >= 4 is 45.6 Å². The fraction of sp³-hybridized carbons (Fsp3) is 0.212. The van der Waals surface area contributed by atoms with Crippen molar-refractivity contribution in [2.45, 2.75) is 38.3 Å². The standard InChI is InChI=1S/C33H29ClN4/c34-21-18-24-10-9-19-33(23-24)20-17-25(33)22-30-37(26-11-3-1-4-12-26)31-32(38(30)27-13-5-2-6-14-27)36-29-16-8-7-15-28(29)35-31/h1-8,10-18,21,30H,9,19-20,22-23H2/b21-18-. The van der Waals surface area contributed by atoms with E-state index in [1.807, 2.05) is 12.1 Å². The lowest BCUT2D eigenvalue weighted by atomic mass is 9.59. The van der Waals surface area contributed by atoms with Gasteiger partial charge in [-0.05, 0) is 73.6 Å². The summed E-state index contributed by atoms with van der Waals surface area (Å²) in [5, 5.41) is 0. The molecule has 0 amide bonds. The van der Waals surface area contributed by atoms with Crippen LogP contribution in [-0.2, 0) is 0 Å². The summed E-state index contributed by atoms with van der Waals surface area (Å²) in [6.07, 6.45) is 12.3. The molecule has 0 saturated heterocycles. The number of anilines is 4. The Balaban J connectivity index is 1.36. The molecule has 4 aromatic rings. The molecular formula is C33H29ClN4. The second-order valence-corrected chi connectivity index (χ2v) is 10.7. The normalized spacial score (nSPS) is 21.1. The average Bonchev–Trinajstić information content (AvgIpc) is 3.28. The first kappa shape index (κ1) is 23.2. The lowest BCUT2D eigenvalue weighted by molar-refractivity contribution is 0.265. The maximum absolute atomic E-state index is 5.97. The number of fused-ring (bicyclic) bond motifs is 2. The number of hydrogen-bond donors (Lipinski definition) is 0. The van der Waals surface area contributed by atoms with Gasteiger partial charge < -0.3 is 9.80 Å². The van der Waals surface area contributed by atoms with Crippen molar-refractivity contribution in [2.24, 2.45) is 5.41 Å². The first-order valence-electron chi connectivity index (χ1n) is 13.4. The van der Waals surface area contributed by atoms with Crippen LogP contribution in [0.15, 0.2) is 120 Å². The van der Waals surface area contributed by atoms with Gasteiger partial charge in [-0.2, -0.15) is 0 Å². The quantitative estimate of drug-likeness (QED) is 0.248. The summed E-state index contributed by atoms with van der Waals surface area (Å²) in [6.45, 7) is 0. The van der Waals surface area contributed by atoms with E-state index in [1.54, 1.807) is 5.54 Å². The van der Waals surface area contributed by atoms with Crippen molar-refractivity contribution in [1.29, 1.82) is 0 Å². The van der Waals surface area contributed by atoms with Crippen molar-refractivity contribution in [3.8, 4) is 0 Å². The van der Waals surface area contributed by atoms with Crippen LogP contribution in [-0.4, -0.2) is 16.1 Å². The van der Waals surface area contributed by atoms with E-state index in [0.29, 0.717) is 0 Å². The van der Waals surface area contributed by atoms with Gasteiger partial charge in [-0.25, -0.2) is 9.97 Å². The minimum atomic E-state index is 0.0213. The van der Waals surface area contributed by atoms with Crippen LogP contribution in [0.25, 0.3) is 11.0 Å². The van der Waals surface area contributed by atoms with Gasteiger partial charge in [-0.15, -0.1) is 0 Å². The van der Waals surface area contributed by atoms with E-state index in [9.17, 15) is 0 Å². The average molecular weight is 517 g/mol. The lowest BCUT2D eigenvalue weighted by Gasteiger charge is -2.47. The number of aromatic nitrogens is 2. The molecule has 0 fully saturated rings. The molecule has 2 heterocycles. The van der Waals surface area contributed by atoms with Gasteiger partial charge in [0.1, 0.15) is 6.17 Å². The highest BCUT2D eigenvalue weighted by Crippen LogP contribution is 2.56. The largest absolute Gasteiger partial charge is 0.301 e. The molecule has 1 aliphatic heterocycles. The summed E-state index contributed by atoms with van der Waals surface area (Å²) < 4.78 is 0. The Labute approximate surface area is 228 Å². The molecule has 4 nitrogen and oxygen atoms in total. The molecule has 7 rings (SSSR count). The molecule has 0 bridgehead atoms. The first-order chi connectivity index (χ1) is 18.8. The molecule has 0 N–H and O–H groups in total. The Morgan fingerprint density at radius 3 is 1.89 bits per heavy atom. The summed E-state index contributed by atoms with van der Waals surface area (Å²) in [4.78, 5) is 15.2. The maximum Gasteiger partial charge on any atom is 0.179 e. The predicted octanol–water partition coefficient (Wildman–Crippen LogP) is 8.82. The Bertz CT molecular complexity index is 1490. The maximum atomic E-state index is 5.97. The third kappa shape index (κ3) is 3.83. The van der Waals surface area contributed by atoms with E-state index in [-0.39, 0.29) is 11.6 Å². The first-order valence-corrected chi connectivity index (χ1v) is 13.8. The molecule has 2 aliphatic carbocycles. The highest BCUT2D eigenvalue weighted by Gasteiger charge is 2.46. The molecule has 0 radical (unpaired) electrons. The molecule has 188 valence electrons. The molecule has 1 spiro atoms. The molecule has 1 atom stereocenters. The summed E-state index contributed by atoms with van der Waals surface area (Å²) >= 11 is 5.97. The summed E-state index contributed by atoms with van der Waals surface area (Å²) in [5.41, 5.74) is 8.83. The number of hydrogen-bond acceptors (Lipinski definition) is 4. The van der Waals surface area contributed by atoms with Crippen molar-refractivity contribution in [3.05, 3.63) is 120 Å². The lowest BCUT2D eigenvalue weighted by Crippen LogP contribution is -2.42. The Morgan fingerprint density at radius 1 is 0.789 bits per heavy atom. The molecule has 38 heavy (non-hydrogen) atoms. The zero-order valence-electron chi connectivity index (χ0n) is 21.2. The van der Waals surface area contributed by atoms with Crippen LogP contribution in [0.3, 0.4) is 0 Å². The fourth-order valence-corrected chi connectivity index (χ4v) is 6.59. The number of allylic oxidation sites excluding steroid dienone is 4. The van der Waals surface area contributed by atoms with Crippen LogP contribution in [0.2, 0.25) is 0 Å². The van der Waals surface area contributed by atoms with E-state index in [1.165, 1.54) is 17.6 Å². The van der Waals surface area contributed by atoms with E-state index in [2.05, 4.69) is 101 Å². The molecule has 1 unspecified atom stereocenters. The zero-order chi connectivity index (χ0) is 25.5. The fourth-order valence-electron chi connectivity index (χ4n) is 6.42. The van der Waals surface area contributed by atoms with Crippen LogP contribution in [0.1, 0.15) is 32.1 Å². The van der Waals surface area contributed by atoms with Gasteiger partial charge in [0.15, 0.2) is 11.6 Å². The predicted molar refractivity (Wildman–Crippen MR) is 157 cm³/mol. The van der Waals surface area contributed by atoms with Gasteiger partial charge in [0.05, 0.1) is 11.0 Å². The van der Waals surface area contributed by atoms with E-state index in [4.69, 9.17) is 21.6 Å². The van der Waals surface area contributed by atoms with Crippen molar-refractivity contribution in [2.75, 3.05) is 9.80 Å². The Kier molecular flexibility index (Phi) is 5.78. The van der Waals surface area contributed by atoms with Crippen LogP contribution in [0.5, 0.6) is 0 Å². The molecular weight excluding hydrogens is 488 g/mol. The van der Waals surface area contributed by atoms with Gasteiger partial charge in [0, 0.05) is 23.3 Å². The van der Waals surface area contributed by atoms with Crippen LogP contribution >= 0.6 is 11.6 Å². The van der Waals surface area contributed by atoms with Gasteiger partial charge in [-0.1, -0.05) is 83.4 Å². The summed E-state index contributed by atoms with van der Waals surface area (Å²) in [6, 6.07) is 29.4. The van der Waals surface area contributed by atoms with Gasteiger partial charge >= 0.3 is 0 Å². The second kappa shape index (κ2) is 9.45. The van der Waals surface area contributed by atoms with Crippen LogP contribution < -0.4 is 9.80 Å². The topological polar surface area (TPSA) is 32.3 Å². The van der Waals surface area contributed by atoms with E-state index < -0.39 is 0 Å². The molecule has 3 aliphatic rings. The van der Waals surface area contributed by atoms with Crippen LogP contribution in [0, 0.1) is 5.41 Å². The molecule has 0 saturated carbocycles. The van der Waals surface area contributed by atoms with Gasteiger partial charge in [-0.3, -0.25) is 0 Å². The summed E-state index contributed by atoms with van der Waals surface area (Å²) in [5.74, 6) is 1.82. The SMILES string of the molecule is Cl/C=C\C1=CCCC2(CC=C2CC2N(c3ccccc3)c3nc4ccccc4nc3N2c2ccccc2)C1.